The molecule has 5 rings (SSSR count). The number of phenolic OH excluding ortho intramolecular Hbond substituents is 4. The summed E-state index contributed by atoms with van der Waals surface area (Å²) in [6.07, 6.45) is -15.1. The zero-order valence-corrected chi connectivity index (χ0v) is 21.4. The lowest BCUT2D eigenvalue weighted by Gasteiger charge is -2.44. The Hall–Kier alpha value is -3.71. The Kier molecular flexibility index (Phi) is 8.17. The van der Waals surface area contributed by atoms with Gasteiger partial charge in [0.15, 0.2) is 40.8 Å². The molecule has 10 N–H and O–H groups in total. The van der Waals surface area contributed by atoms with Crippen molar-refractivity contribution in [3.63, 3.8) is 0 Å². The van der Waals surface area contributed by atoms with Crippen molar-refractivity contribution in [3.8, 4) is 40.1 Å². The zero-order valence-electron chi connectivity index (χ0n) is 21.4. The number of ether oxygens (including phenoxy) is 4. The van der Waals surface area contributed by atoms with E-state index in [2.05, 4.69) is 0 Å². The van der Waals surface area contributed by atoms with Crippen LogP contribution >= 0.6 is 0 Å². The quantitative estimate of drug-likeness (QED) is 0.137. The number of fused-ring (bicyclic) bond motifs is 1. The Morgan fingerprint density at radius 1 is 0.833 bits per heavy atom. The number of rotatable bonds is 6. The fraction of sp³-hybridized carbons (Fsp3) is 0.423. The highest BCUT2D eigenvalue weighted by Gasteiger charge is 2.50. The minimum absolute atomic E-state index is 0.1000. The third kappa shape index (κ3) is 5.31. The van der Waals surface area contributed by atoms with Crippen LogP contribution in [0.4, 0.5) is 0 Å². The first-order valence-electron chi connectivity index (χ1n) is 12.6. The van der Waals surface area contributed by atoms with Gasteiger partial charge in [-0.25, -0.2) is 0 Å². The van der Waals surface area contributed by atoms with Gasteiger partial charge in [0.2, 0.25) is 12.0 Å². The van der Waals surface area contributed by atoms with Gasteiger partial charge in [0.1, 0.15) is 53.4 Å². The first kappa shape index (κ1) is 29.8. The summed E-state index contributed by atoms with van der Waals surface area (Å²) in [6, 6.07) is 5.59. The molecule has 228 valence electrons. The third-order valence-corrected chi connectivity index (χ3v) is 7.00. The lowest BCUT2D eigenvalue weighted by molar-refractivity contribution is -0.345. The Morgan fingerprint density at radius 2 is 1.57 bits per heavy atom. The van der Waals surface area contributed by atoms with Crippen LogP contribution in [0.15, 0.2) is 39.5 Å². The van der Waals surface area contributed by atoms with Gasteiger partial charge in [-0.05, 0) is 18.2 Å². The van der Waals surface area contributed by atoms with Crippen LogP contribution in [0.2, 0.25) is 0 Å². The van der Waals surface area contributed by atoms with Gasteiger partial charge >= 0.3 is 0 Å². The fourth-order valence-electron chi connectivity index (χ4n) is 4.65. The molecule has 0 amide bonds. The first-order chi connectivity index (χ1) is 19.9. The molecule has 2 saturated heterocycles. The smallest absolute Gasteiger partial charge is 0.229 e. The maximum Gasteiger partial charge on any atom is 0.229 e. The molecule has 2 aliphatic heterocycles. The van der Waals surface area contributed by atoms with Gasteiger partial charge in [-0.3, -0.25) is 4.79 Å². The molecule has 2 aromatic carbocycles. The van der Waals surface area contributed by atoms with Gasteiger partial charge in [-0.15, -0.1) is 0 Å². The fourth-order valence-corrected chi connectivity index (χ4v) is 4.65. The number of hydrogen-bond acceptors (Lipinski definition) is 16. The zero-order chi connectivity index (χ0) is 30.5. The summed E-state index contributed by atoms with van der Waals surface area (Å²) in [4.78, 5) is 12.8. The van der Waals surface area contributed by atoms with Crippen molar-refractivity contribution >= 4 is 11.0 Å². The Morgan fingerprint density at radius 3 is 2.26 bits per heavy atom. The molecular weight excluding hydrogens is 568 g/mol. The van der Waals surface area contributed by atoms with Crippen LogP contribution in [0, 0.1) is 0 Å². The molecule has 2 aliphatic rings. The van der Waals surface area contributed by atoms with Gasteiger partial charge in [0.05, 0.1) is 13.2 Å². The Bertz CT molecular complexity index is 1510. The highest BCUT2D eigenvalue weighted by atomic mass is 16.8. The molecule has 0 saturated carbocycles. The van der Waals surface area contributed by atoms with Crippen molar-refractivity contribution in [2.24, 2.45) is 0 Å². The SMILES string of the molecule is O=c1cc(-c2ccc(O)c(O)c2)oc2cc(O[C@@H]3O[C@@H](CO)[C@@H](O)[C@H](O)[C@H]3O[C@@H]3OC[C@@H](O)[C@H](O)[C@@H]3O)c(O)c(O)c12. The maximum absolute atomic E-state index is 12.8. The number of hydrogen-bond donors (Lipinski definition) is 10. The van der Waals surface area contributed by atoms with Crippen molar-refractivity contribution in [3.05, 3.63) is 40.6 Å². The number of phenols is 4. The summed E-state index contributed by atoms with van der Waals surface area (Å²) < 4.78 is 27.6. The van der Waals surface area contributed by atoms with Crippen LogP contribution in [0.25, 0.3) is 22.3 Å². The average molecular weight is 596 g/mol. The summed E-state index contributed by atoms with van der Waals surface area (Å²) in [5.74, 6) is -3.51. The van der Waals surface area contributed by atoms with Gasteiger partial charge in [-0.1, -0.05) is 0 Å². The van der Waals surface area contributed by atoms with E-state index in [0.717, 1.165) is 24.3 Å². The minimum Gasteiger partial charge on any atom is -0.504 e. The average Bonchev–Trinajstić information content (AvgIpc) is 2.96. The topological polar surface area (TPSA) is 269 Å². The Balaban J connectivity index is 1.52. The van der Waals surface area contributed by atoms with Crippen LogP contribution in [0.5, 0.6) is 28.7 Å². The van der Waals surface area contributed by atoms with E-state index in [-0.39, 0.29) is 16.9 Å². The van der Waals surface area contributed by atoms with Gasteiger partial charge in [0, 0.05) is 17.7 Å². The molecule has 3 aromatic rings. The number of aliphatic hydroxyl groups is 6. The summed E-state index contributed by atoms with van der Waals surface area (Å²) in [6.45, 7) is -1.26. The minimum atomic E-state index is -1.86. The molecule has 2 fully saturated rings. The third-order valence-electron chi connectivity index (χ3n) is 7.00. The standard InChI is InChI=1S/C26H28O16/c27-6-16-20(34)22(36)24(42-25-23(37)18(32)12(31)7-38-25)26(41-16)40-15-5-14-17(21(35)19(15)33)11(30)4-13(39-14)8-1-2-9(28)10(29)3-8/h1-5,12,16,18,20,22-29,31-37H,6-7H2/t12-,16+,18+,20-,22+,23+,24-,25+,26-/m1/s1. The number of aliphatic hydroxyl groups excluding tert-OH is 6. The van der Waals surface area contributed by atoms with Crippen molar-refractivity contribution in [2.75, 3.05) is 13.2 Å². The lowest BCUT2D eigenvalue weighted by Crippen LogP contribution is -2.63. The van der Waals surface area contributed by atoms with Gasteiger partial charge < -0.3 is 74.4 Å². The molecule has 3 heterocycles. The second-order valence-corrected chi connectivity index (χ2v) is 9.80. The molecule has 0 spiro atoms. The second kappa shape index (κ2) is 11.5. The van der Waals surface area contributed by atoms with Crippen LogP contribution in [0.3, 0.4) is 0 Å². The number of benzene rings is 2. The Labute approximate surface area is 235 Å². The van der Waals surface area contributed by atoms with E-state index in [4.69, 9.17) is 23.4 Å². The molecule has 0 unspecified atom stereocenters. The van der Waals surface area contributed by atoms with E-state index in [9.17, 15) is 55.9 Å². The molecule has 16 heteroatoms. The highest BCUT2D eigenvalue weighted by molar-refractivity contribution is 5.89. The van der Waals surface area contributed by atoms with Crippen LogP contribution in [0.1, 0.15) is 0 Å². The largest absolute Gasteiger partial charge is 0.504 e. The molecule has 0 radical (unpaired) electrons. The van der Waals surface area contributed by atoms with Crippen LogP contribution in [-0.2, 0) is 14.2 Å². The van der Waals surface area contributed by atoms with E-state index in [1.807, 2.05) is 0 Å². The molecule has 16 nitrogen and oxygen atoms in total. The maximum atomic E-state index is 12.8. The predicted octanol–water partition coefficient (Wildman–Crippen LogP) is -2.08. The molecule has 1 aromatic heterocycles. The van der Waals surface area contributed by atoms with E-state index in [0.29, 0.717) is 0 Å². The highest BCUT2D eigenvalue weighted by Crippen LogP contribution is 2.43. The monoisotopic (exact) mass is 596 g/mol. The van der Waals surface area contributed by atoms with E-state index in [1.165, 1.54) is 6.07 Å². The van der Waals surface area contributed by atoms with Crippen molar-refractivity contribution in [2.45, 2.75) is 55.3 Å². The normalized spacial score (nSPS) is 31.7. The molecule has 0 bridgehead atoms. The number of aromatic hydroxyl groups is 4. The van der Waals surface area contributed by atoms with Crippen LogP contribution < -0.4 is 10.2 Å². The lowest BCUT2D eigenvalue weighted by atomic mass is 9.98. The van der Waals surface area contributed by atoms with Crippen molar-refractivity contribution in [1.82, 2.24) is 0 Å². The van der Waals surface area contributed by atoms with Crippen molar-refractivity contribution in [1.29, 1.82) is 0 Å². The van der Waals surface area contributed by atoms with E-state index in [1.54, 1.807) is 0 Å². The van der Waals surface area contributed by atoms with E-state index >= 15 is 0 Å². The summed E-state index contributed by atoms with van der Waals surface area (Å²) in [5, 5.41) is 101. The molecular formula is C26H28O16. The summed E-state index contributed by atoms with van der Waals surface area (Å²) in [7, 11) is 0. The molecule has 0 aliphatic carbocycles. The van der Waals surface area contributed by atoms with Crippen LogP contribution in [-0.4, -0.2) is 120 Å². The van der Waals surface area contributed by atoms with E-state index < -0.39 is 108 Å². The summed E-state index contributed by atoms with van der Waals surface area (Å²) >= 11 is 0. The molecule has 42 heavy (non-hydrogen) atoms. The molecule has 9 atom stereocenters. The second-order valence-electron chi connectivity index (χ2n) is 9.80. The first-order valence-corrected chi connectivity index (χ1v) is 12.6. The summed E-state index contributed by atoms with van der Waals surface area (Å²) in [5.41, 5.74) is -0.938. The van der Waals surface area contributed by atoms with Gasteiger partial charge in [0.25, 0.3) is 0 Å². The van der Waals surface area contributed by atoms with Gasteiger partial charge in [-0.2, -0.15) is 0 Å². The predicted molar refractivity (Wildman–Crippen MR) is 136 cm³/mol. The van der Waals surface area contributed by atoms with Crippen molar-refractivity contribution < 1.29 is 74.4 Å².